The summed E-state index contributed by atoms with van der Waals surface area (Å²) in [6.45, 7) is 2.77. The van der Waals surface area contributed by atoms with Gasteiger partial charge in [-0.3, -0.25) is 4.79 Å². The molecule has 7 heteroatoms. The van der Waals surface area contributed by atoms with Crippen molar-refractivity contribution in [2.75, 3.05) is 13.1 Å². The second-order valence-corrected chi connectivity index (χ2v) is 11.4. The predicted octanol–water partition coefficient (Wildman–Crippen LogP) is 4.64. The van der Waals surface area contributed by atoms with Crippen molar-refractivity contribution in [3.8, 4) is 0 Å². The fourth-order valence-corrected chi connectivity index (χ4v) is 6.41. The van der Waals surface area contributed by atoms with Gasteiger partial charge in [-0.2, -0.15) is 0 Å². The molecule has 1 atom stereocenters. The lowest BCUT2D eigenvalue weighted by molar-refractivity contribution is -0.126. The first-order valence-electron chi connectivity index (χ1n) is 11.5. The highest BCUT2D eigenvalue weighted by atomic mass is 35.5. The number of hydrogen-bond donors (Lipinski definition) is 1. The van der Waals surface area contributed by atoms with E-state index in [9.17, 15) is 13.2 Å². The summed E-state index contributed by atoms with van der Waals surface area (Å²) in [7, 11) is -3.41. The van der Waals surface area contributed by atoms with Crippen molar-refractivity contribution in [1.82, 2.24) is 9.62 Å². The number of aryl methyl sites for hydroxylation is 2. The van der Waals surface area contributed by atoms with Gasteiger partial charge in [0.1, 0.15) is 0 Å². The molecule has 1 aliphatic heterocycles. The smallest absolute Gasteiger partial charge is 0.223 e. The molecule has 1 amide bonds. The van der Waals surface area contributed by atoms with Crippen LogP contribution in [0.2, 0.25) is 5.02 Å². The van der Waals surface area contributed by atoms with Crippen molar-refractivity contribution in [2.24, 2.45) is 5.92 Å². The van der Waals surface area contributed by atoms with Gasteiger partial charge in [-0.05, 0) is 79.8 Å². The Balaban J connectivity index is 1.30. The third-order valence-corrected chi connectivity index (χ3v) is 8.81. The number of sulfonamides is 1. The van der Waals surface area contributed by atoms with E-state index < -0.39 is 10.0 Å². The first kappa shape index (κ1) is 23.3. The number of nitrogens with one attached hydrogen (secondary N) is 1. The lowest BCUT2D eigenvalue weighted by atomic mass is 9.89. The molecule has 0 unspecified atom stereocenters. The monoisotopic (exact) mass is 474 g/mol. The minimum Gasteiger partial charge on any atom is -0.349 e. The summed E-state index contributed by atoms with van der Waals surface area (Å²) in [4.78, 5) is 12.9. The second-order valence-electron chi connectivity index (χ2n) is 9.02. The zero-order chi connectivity index (χ0) is 22.7. The number of fused-ring (bicyclic) bond motifs is 1. The third kappa shape index (κ3) is 5.53. The van der Waals surface area contributed by atoms with Crippen molar-refractivity contribution in [1.29, 1.82) is 0 Å². The van der Waals surface area contributed by atoms with Gasteiger partial charge in [-0.1, -0.05) is 41.9 Å². The average molecular weight is 475 g/mol. The summed E-state index contributed by atoms with van der Waals surface area (Å²) in [6.07, 6.45) is 5.84. The number of amides is 1. The maximum atomic E-state index is 12.9. The Morgan fingerprint density at radius 1 is 1.06 bits per heavy atom. The minimum absolute atomic E-state index is 0.0185. The number of piperidine rings is 1. The van der Waals surface area contributed by atoms with E-state index in [1.54, 1.807) is 24.3 Å². The van der Waals surface area contributed by atoms with Crippen LogP contribution in [0.4, 0.5) is 0 Å². The van der Waals surface area contributed by atoms with E-state index in [0.29, 0.717) is 36.5 Å². The number of hydrogen-bond acceptors (Lipinski definition) is 3. The highest BCUT2D eigenvalue weighted by Gasteiger charge is 2.31. The van der Waals surface area contributed by atoms with Crippen LogP contribution in [0.3, 0.4) is 0 Å². The Morgan fingerprint density at radius 2 is 1.72 bits per heavy atom. The molecule has 2 aromatic carbocycles. The van der Waals surface area contributed by atoms with Crippen LogP contribution in [-0.2, 0) is 33.4 Å². The molecular formula is C25H31ClN2O3S. The number of carbonyl (C=O) groups is 1. The van der Waals surface area contributed by atoms with Gasteiger partial charge in [0, 0.05) is 24.0 Å². The highest BCUT2D eigenvalue weighted by Crippen LogP contribution is 2.26. The van der Waals surface area contributed by atoms with Crippen molar-refractivity contribution in [3.05, 3.63) is 69.7 Å². The zero-order valence-corrected chi connectivity index (χ0v) is 20.1. The van der Waals surface area contributed by atoms with Crippen LogP contribution >= 0.6 is 11.6 Å². The molecule has 0 spiro atoms. The van der Waals surface area contributed by atoms with E-state index in [-0.39, 0.29) is 23.6 Å². The number of carbonyl (C=O) groups excluding carboxylic acids is 1. The lowest BCUT2D eigenvalue weighted by Gasteiger charge is -2.31. The van der Waals surface area contributed by atoms with Crippen LogP contribution in [0.25, 0.3) is 0 Å². The van der Waals surface area contributed by atoms with Gasteiger partial charge in [0.2, 0.25) is 15.9 Å². The first-order valence-corrected chi connectivity index (χ1v) is 13.4. The molecule has 1 heterocycles. The van der Waals surface area contributed by atoms with Gasteiger partial charge in [0.25, 0.3) is 0 Å². The van der Waals surface area contributed by atoms with Crippen LogP contribution in [0.1, 0.15) is 60.9 Å². The molecule has 32 heavy (non-hydrogen) atoms. The van der Waals surface area contributed by atoms with E-state index in [0.717, 1.165) is 18.4 Å². The molecule has 0 bridgehead atoms. The summed E-state index contributed by atoms with van der Waals surface area (Å²) in [5.74, 6) is -0.182. The second kappa shape index (κ2) is 9.94. The van der Waals surface area contributed by atoms with Gasteiger partial charge >= 0.3 is 0 Å². The largest absolute Gasteiger partial charge is 0.349 e. The average Bonchev–Trinajstić information content (AvgIpc) is 2.80. The van der Waals surface area contributed by atoms with Gasteiger partial charge < -0.3 is 5.32 Å². The van der Waals surface area contributed by atoms with Crippen LogP contribution in [0, 0.1) is 5.92 Å². The highest BCUT2D eigenvalue weighted by molar-refractivity contribution is 7.88. The Kier molecular flexibility index (Phi) is 7.23. The fraction of sp³-hybridized carbons (Fsp3) is 0.480. The Labute approximate surface area is 196 Å². The molecule has 5 nitrogen and oxygen atoms in total. The molecule has 1 aliphatic carbocycles. The van der Waals surface area contributed by atoms with E-state index in [2.05, 4.69) is 23.5 Å². The van der Waals surface area contributed by atoms with Crippen molar-refractivity contribution in [3.63, 3.8) is 0 Å². The molecule has 4 rings (SSSR count). The van der Waals surface area contributed by atoms with Gasteiger partial charge in [-0.25, -0.2) is 12.7 Å². The number of benzene rings is 2. The van der Waals surface area contributed by atoms with Crippen LogP contribution < -0.4 is 5.32 Å². The number of rotatable bonds is 6. The summed E-state index contributed by atoms with van der Waals surface area (Å²) in [5.41, 5.74) is 4.70. The predicted molar refractivity (Wildman–Crippen MR) is 128 cm³/mol. The molecule has 0 aromatic heterocycles. The molecule has 0 saturated carbocycles. The topological polar surface area (TPSA) is 66.5 Å². The molecular weight excluding hydrogens is 444 g/mol. The number of halogens is 1. The van der Waals surface area contributed by atoms with E-state index >= 15 is 0 Å². The van der Waals surface area contributed by atoms with Crippen molar-refractivity contribution >= 4 is 27.5 Å². The Bertz CT molecular complexity index is 1060. The maximum absolute atomic E-state index is 12.9. The summed E-state index contributed by atoms with van der Waals surface area (Å²) < 4.78 is 27.1. The van der Waals surface area contributed by atoms with Gasteiger partial charge in [0.05, 0.1) is 11.8 Å². The Morgan fingerprint density at radius 3 is 2.41 bits per heavy atom. The van der Waals surface area contributed by atoms with Gasteiger partial charge in [0.15, 0.2) is 0 Å². The first-order chi connectivity index (χ1) is 15.3. The van der Waals surface area contributed by atoms with E-state index in [1.807, 2.05) is 6.92 Å². The molecule has 2 aliphatic rings. The number of nitrogens with zero attached hydrogens (tertiary/aromatic N) is 1. The molecule has 1 fully saturated rings. The maximum Gasteiger partial charge on any atom is 0.223 e. The normalized spacial score (nSPS) is 18.7. The molecule has 2 aromatic rings. The standard InChI is InChI=1S/C25H31ClN2O3S/c1-18(22-9-8-20-4-2-3-5-23(20)16-22)27-25(29)21-12-14-28(15-13-21)32(30,31)17-19-6-10-24(26)11-7-19/h6-11,16,18,21H,2-5,12-15,17H2,1H3,(H,27,29)/t18-/m1/s1. The summed E-state index contributed by atoms with van der Waals surface area (Å²) >= 11 is 5.89. The third-order valence-electron chi connectivity index (χ3n) is 6.71. The molecule has 1 saturated heterocycles. The summed E-state index contributed by atoms with van der Waals surface area (Å²) in [5, 5.41) is 3.74. The molecule has 0 radical (unpaired) electrons. The minimum atomic E-state index is -3.41. The van der Waals surface area contributed by atoms with E-state index in [4.69, 9.17) is 11.6 Å². The van der Waals surface area contributed by atoms with E-state index in [1.165, 1.54) is 28.3 Å². The zero-order valence-electron chi connectivity index (χ0n) is 18.5. The van der Waals surface area contributed by atoms with Crippen molar-refractivity contribution < 1.29 is 13.2 Å². The van der Waals surface area contributed by atoms with Crippen molar-refractivity contribution in [2.45, 2.75) is 57.2 Å². The van der Waals surface area contributed by atoms with Crippen LogP contribution in [-0.4, -0.2) is 31.7 Å². The summed E-state index contributed by atoms with van der Waals surface area (Å²) in [6, 6.07) is 13.4. The quantitative estimate of drug-likeness (QED) is 0.663. The fourth-order valence-electron chi connectivity index (χ4n) is 4.72. The lowest BCUT2D eigenvalue weighted by Crippen LogP contribution is -2.43. The Hall–Kier alpha value is -1.89. The van der Waals surface area contributed by atoms with Crippen LogP contribution in [0.15, 0.2) is 42.5 Å². The molecule has 1 N–H and O–H groups in total. The van der Waals surface area contributed by atoms with Gasteiger partial charge in [-0.15, -0.1) is 0 Å². The van der Waals surface area contributed by atoms with Crippen LogP contribution in [0.5, 0.6) is 0 Å². The molecule has 172 valence electrons. The SMILES string of the molecule is C[C@@H](NC(=O)C1CCN(S(=O)(=O)Cc2ccc(Cl)cc2)CC1)c1ccc2c(c1)CCCC2.